The lowest BCUT2D eigenvalue weighted by Gasteiger charge is -2.10. The summed E-state index contributed by atoms with van der Waals surface area (Å²) in [5.41, 5.74) is 4.31. The van der Waals surface area contributed by atoms with Crippen LogP contribution in [-0.2, 0) is 13.5 Å². The first kappa shape index (κ1) is 17.9. The van der Waals surface area contributed by atoms with Gasteiger partial charge in [-0.2, -0.15) is 5.10 Å². The fourth-order valence-corrected chi connectivity index (χ4v) is 3.22. The van der Waals surface area contributed by atoms with E-state index in [2.05, 4.69) is 15.4 Å². The molecule has 140 valence electrons. The first-order chi connectivity index (χ1) is 13.7. The Bertz CT molecular complexity index is 1100. The van der Waals surface area contributed by atoms with Crippen molar-refractivity contribution in [3.05, 3.63) is 78.4 Å². The van der Waals surface area contributed by atoms with Crippen LogP contribution in [0.3, 0.4) is 0 Å². The number of aromatic nitrogens is 4. The summed E-state index contributed by atoms with van der Waals surface area (Å²) in [5, 5.41) is 8.06. The molecule has 0 spiro atoms. The fraction of sp³-hybridized carbons (Fsp3) is 0.182. The SMILES string of the molecule is Cn1cc(CCCNC(=O)c2cc(-c3ccncc3)nc3ccccc23)cn1. The van der Waals surface area contributed by atoms with Gasteiger partial charge in [0, 0.05) is 43.1 Å². The third kappa shape index (κ3) is 3.91. The summed E-state index contributed by atoms with van der Waals surface area (Å²) in [6, 6.07) is 13.4. The minimum Gasteiger partial charge on any atom is -0.352 e. The molecule has 28 heavy (non-hydrogen) atoms. The minimum atomic E-state index is -0.0832. The Morgan fingerprint density at radius 2 is 1.96 bits per heavy atom. The summed E-state index contributed by atoms with van der Waals surface area (Å²) >= 11 is 0. The predicted molar refractivity (Wildman–Crippen MR) is 109 cm³/mol. The molecule has 0 saturated heterocycles. The lowest BCUT2D eigenvalue weighted by molar-refractivity contribution is 0.0955. The van der Waals surface area contributed by atoms with Crippen LogP contribution in [0.2, 0.25) is 0 Å². The van der Waals surface area contributed by atoms with Crippen LogP contribution in [-0.4, -0.2) is 32.2 Å². The van der Waals surface area contributed by atoms with Crippen molar-refractivity contribution in [1.82, 2.24) is 25.1 Å². The Hall–Kier alpha value is -3.54. The number of nitrogens with one attached hydrogen (secondary N) is 1. The average molecular weight is 371 g/mol. The van der Waals surface area contributed by atoms with E-state index in [1.54, 1.807) is 17.1 Å². The van der Waals surface area contributed by atoms with Gasteiger partial charge in [-0.25, -0.2) is 4.98 Å². The Kier molecular flexibility index (Phi) is 5.10. The van der Waals surface area contributed by atoms with Crippen LogP contribution >= 0.6 is 0 Å². The van der Waals surface area contributed by atoms with E-state index in [4.69, 9.17) is 4.98 Å². The number of nitrogens with zero attached hydrogens (tertiary/aromatic N) is 4. The molecular weight excluding hydrogens is 350 g/mol. The van der Waals surface area contributed by atoms with E-state index >= 15 is 0 Å². The molecule has 0 atom stereocenters. The number of para-hydroxylation sites is 1. The third-order valence-corrected chi connectivity index (χ3v) is 4.62. The van der Waals surface area contributed by atoms with Gasteiger partial charge in [0.1, 0.15) is 0 Å². The van der Waals surface area contributed by atoms with Crippen molar-refractivity contribution in [2.75, 3.05) is 6.54 Å². The summed E-state index contributed by atoms with van der Waals surface area (Å²) in [5.74, 6) is -0.0832. The minimum absolute atomic E-state index is 0.0832. The number of aryl methyl sites for hydroxylation is 2. The van der Waals surface area contributed by atoms with E-state index in [9.17, 15) is 4.79 Å². The number of rotatable bonds is 6. The van der Waals surface area contributed by atoms with Crippen LogP contribution in [0.5, 0.6) is 0 Å². The number of carbonyl (C=O) groups is 1. The lowest BCUT2D eigenvalue weighted by atomic mass is 10.0. The lowest BCUT2D eigenvalue weighted by Crippen LogP contribution is -2.25. The predicted octanol–water partition coefficient (Wildman–Crippen LogP) is 3.39. The molecule has 0 aliphatic rings. The second kappa shape index (κ2) is 8.00. The van der Waals surface area contributed by atoms with Crippen molar-refractivity contribution in [2.45, 2.75) is 12.8 Å². The van der Waals surface area contributed by atoms with Crippen molar-refractivity contribution in [3.8, 4) is 11.3 Å². The molecule has 0 fully saturated rings. The zero-order chi connectivity index (χ0) is 19.3. The second-order valence-corrected chi connectivity index (χ2v) is 6.69. The van der Waals surface area contributed by atoms with Gasteiger partial charge in [0.25, 0.3) is 5.91 Å². The molecule has 0 aliphatic heterocycles. The van der Waals surface area contributed by atoms with Crippen molar-refractivity contribution in [3.63, 3.8) is 0 Å². The molecular formula is C22H21N5O. The molecule has 1 aromatic carbocycles. The highest BCUT2D eigenvalue weighted by Gasteiger charge is 2.13. The van der Waals surface area contributed by atoms with E-state index in [1.807, 2.05) is 61.9 Å². The summed E-state index contributed by atoms with van der Waals surface area (Å²) < 4.78 is 1.79. The largest absolute Gasteiger partial charge is 0.352 e. The monoisotopic (exact) mass is 371 g/mol. The molecule has 4 rings (SSSR count). The molecule has 0 saturated carbocycles. The summed E-state index contributed by atoms with van der Waals surface area (Å²) in [4.78, 5) is 21.7. The van der Waals surface area contributed by atoms with Crippen LogP contribution in [0.4, 0.5) is 0 Å². The van der Waals surface area contributed by atoms with Gasteiger partial charge in [-0.1, -0.05) is 18.2 Å². The smallest absolute Gasteiger partial charge is 0.252 e. The van der Waals surface area contributed by atoms with Gasteiger partial charge in [0.05, 0.1) is 23.0 Å². The number of carbonyl (C=O) groups excluding carboxylic acids is 1. The van der Waals surface area contributed by atoms with Crippen molar-refractivity contribution in [1.29, 1.82) is 0 Å². The molecule has 3 heterocycles. The van der Waals surface area contributed by atoms with E-state index in [0.29, 0.717) is 12.1 Å². The first-order valence-electron chi connectivity index (χ1n) is 9.26. The normalized spacial score (nSPS) is 10.9. The van der Waals surface area contributed by atoms with Crippen LogP contribution in [0.15, 0.2) is 67.3 Å². The molecule has 4 aromatic rings. The second-order valence-electron chi connectivity index (χ2n) is 6.69. The maximum absolute atomic E-state index is 12.9. The topological polar surface area (TPSA) is 72.7 Å². The number of fused-ring (bicyclic) bond motifs is 1. The summed E-state index contributed by atoms with van der Waals surface area (Å²) in [6.07, 6.45) is 9.05. The Labute approximate surface area is 163 Å². The van der Waals surface area contributed by atoms with Gasteiger partial charge in [-0.15, -0.1) is 0 Å². The quantitative estimate of drug-likeness (QED) is 0.527. The average Bonchev–Trinajstić information content (AvgIpc) is 3.16. The highest BCUT2D eigenvalue weighted by atomic mass is 16.1. The summed E-state index contributed by atoms with van der Waals surface area (Å²) in [7, 11) is 1.90. The van der Waals surface area contributed by atoms with Crippen molar-refractivity contribution >= 4 is 16.8 Å². The van der Waals surface area contributed by atoms with Crippen molar-refractivity contribution in [2.24, 2.45) is 7.05 Å². The number of hydrogen-bond donors (Lipinski definition) is 1. The summed E-state index contributed by atoms with van der Waals surface area (Å²) in [6.45, 7) is 0.606. The Morgan fingerprint density at radius 1 is 1.14 bits per heavy atom. The first-order valence-corrected chi connectivity index (χ1v) is 9.26. The maximum Gasteiger partial charge on any atom is 0.252 e. The highest BCUT2D eigenvalue weighted by Crippen LogP contribution is 2.24. The van der Waals surface area contributed by atoms with Gasteiger partial charge in [-0.05, 0) is 42.7 Å². The molecule has 6 heteroatoms. The van der Waals surface area contributed by atoms with Crippen LogP contribution in [0.1, 0.15) is 22.3 Å². The molecule has 0 radical (unpaired) electrons. The number of benzene rings is 1. The highest BCUT2D eigenvalue weighted by molar-refractivity contribution is 6.07. The van der Waals surface area contributed by atoms with Gasteiger partial charge in [0.2, 0.25) is 0 Å². The zero-order valence-electron chi connectivity index (χ0n) is 15.7. The van der Waals surface area contributed by atoms with Gasteiger partial charge >= 0.3 is 0 Å². The fourth-order valence-electron chi connectivity index (χ4n) is 3.22. The van der Waals surface area contributed by atoms with Crippen molar-refractivity contribution < 1.29 is 4.79 Å². The standard InChI is InChI=1S/C22H21N5O/c1-27-15-16(14-25-27)5-4-10-24-22(28)19-13-21(17-8-11-23-12-9-17)26-20-7-3-2-6-18(19)20/h2-3,6-9,11-15H,4-5,10H2,1H3,(H,24,28). The van der Waals surface area contributed by atoms with E-state index in [-0.39, 0.29) is 5.91 Å². The van der Waals surface area contributed by atoms with Gasteiger partial charge in [0.15, 0.2) is 0 Å². The Balaban J connectivity index is 1.53. The zero-order valence-corrected chi connectivity index (χ0v) is 15.7. The number of hydrogen-bond acceptors (Lipinski definition) is 4. The molecule has 3 aromatic heterocycles. The third-order valence-electron chi connectivity index (χ3n) is 4.62. The van der Waals surface area contributed by atoms with E-state index < -0.39 is 0 Å². The molecule has 0 unspecified atom stereocenters. The molecule has 0 bridgehead atoms. The number of pyridine rings is 2. The van der Waals surface area contributed by atoms with Crippen LogP contribution in [0.25, 0.3) is 22.2 Å². The molecule has 1 amide bonds. The molecule has 1 N–H and O–H groups in total. The molecule has 6 nitrogen and oxygen atoms in total. The van der Waals surface area contributed by atoms with E-state index in [1.165, 1.54) is 5.56 Å². The van der Waals surface area contributed by atoms with Crippen LogP contribution < -0.4 is 5.32 Å². The Morgan fingerprint density at radius 3 is 2.75 bits per heavy atom. The number of amides is 1. The molecule has 0 aliphatic carbocycles. The maximum atomic E-state index is 12.9. The van der Waals surface area contributed by atoms with E-state index in [0.717, 1.165) is 35.0 Å². The van der Waals surface area contributed by atoms with Gasteiger partial charge in [-0.3, -0.25) is 14.5 Å². The van der Waals surface area contributed by atoms with Crippen LogP contribution in [0, 0.1) is 0 Å². The van der Waals surface area contributed by atoms with Gasteiger partial charge < -0.3 is 5.32 Å².